The second kappa shape index (κ2) is 12.1. The van der Waals surface area contributed by atoms with Gasteiger partial charge in [0.15, 0.2) is 0 Å². The zero-order valence-corrected chi connectivity index (χ0v) is 21.1. The molecule has 34 heavy (non-hydrogen) atoms. The van der Waals surface area contributed by atoms with Gasteiger partial charge in [-0.3, -0.25) is 14.6 Å². The summed E-state index contributed by atoms with van der Waals surface area (Å²) in [7, 11) is 0. The molecule has 1 saturated heterocycles. The lowest BCUT2D eigenvalue weighted by Gasteiger charge is -2.34. The molecule has 1 fully saturated rings. The summed E-state index contributed by atoms with van der Waals surface area (Å²) in [4.78, 5) is 42.4. The van der Waals surface area contributed by atoms with E-state index < -0.39 is 11.9 Å². The molecule has 0 spiro atoms. The van der Waals surface area contributed by atoms with E-state index in [0.29, 0.717) is 15.4 Å². The van der Waals surface area contributed by atoms with Gasteiger partial charge in [-0.25, -0.2) is 9.59 Å². The van der Waals surface area contributed by atoms with Crippen molar-refractivity contribution in [3.05, 3.63) is 51.4 Å². The van der Waals surface area contributed by atoms with Gasteiger partial charge < -0.3 is 14.8 Å². The second-order valence-corrected chi connectivity index (χ2v) is 9.25. The Kier molecular flexibility index (Phi) is 9.20. The predicted octanol–water partition coefficient (Wildman–Crippen LogP) is 3.47. The van der Waals surface area contributed by atoms with Crippen LogP contribution < -0.4 is 5.32 Å². The van der Waals surface area contributed by atoms with Crippen molar-refractivity contribution in [1.29, 1.82) is 0 Å². The highest BCUT2D eigenvalue weighted by molar-refractivity contribution is 7.18. The third-order valence-electron chi connectivity index (χ3n) is 5.83. The van der Waals surface area contributed by atoms with Crippen LogP contribution in [0.2, 0.25) is 0 Å². The highest BCUT2D eigenvalue weighted by atomic mass is 32.1. The predicted molar refractivity (Wildman–Crippen MR) is 132 cm³/mol. The molecule has 2 aromatic rings. The van der Waals surface area contributed by atoms with Crippen molar-refractivity contribution in [1.82, 2.24) is 9.80 Å². The highest BCUT2D eigenvalue weighted by Gasteiger charge is 2.28. The summed E-state index contributed by atoms with van der Waals surface area (Å²) >= 11 is 1.05. The van der Waals surface area contributed by atoms with Gasteiger partial charge >= 0.3 is 11.9 Å². The fourth-order valence-electron chi connectivity index (χ4n) is 3.95. The Morgan fingerprint density at radius 3 is 2.21 bits per heavy atom. The van der Waals surface area contributed by atoms with Crippen molar-refractivity contribution < 1.29 is 23.9 Å². The van der Waals surface area contributed by atoms with Crippen LogP contribution in [0.15, 0.2) is 24.3 Å². The molecule has 0 radical (unpaired) electrons. The number of carbonyl (C=O) groups is 3. The average Bonchev–Trinajstić information content (AvgIpc) is 3.12. The van der Waals surface area contributed by atoms with Gasteiger partial charge in [0.25, 0.3) is 0 Å². The number of carbonyl (C=O) groups excluding carboxylic acids is 3. The number of nitrogens with one attached hydrogen (secondary N) is 1. The van der Waals surface area contributed by atoms with Crippen LogP contribution in [-0.4, -0.2) is 73.6 Å². The molecule has 1 aliphatic rings. The molecular formula is C25H33N3O5S. The van der Waals surface area contributed by atoms with Crippen molar-refractivity contribution in [3.63, 3.8) is 0 Å². The highest BCUT2D eigenvalue weighted by Crippen LogP contribution is 2.34. The summed E-state index contributed by atoms with van der Waals surface area (Å²) in [6, 6.07) is 8.39. The minimum Gasteiger partial charge on any atom is -0.462 e. The zero-order chi connectivity index (χ0) is 24.7. The Balaban J connectivity index is 1.61. The average molecular weight is 488 g/mol. The molecule has 3 rings (SSSR count). The molecular weight excluding hydrogens is 454 g/mol. The molecule has 1 aromatic carbocycles. The van der Waals surface area contributed by atoms with E-state index in [2.05, 4.69) is 40.2 Å². The SMILES string of the molecule is CCOC(=O)c1sc(NC(=O)CN2CCN(Cc3ccccc3C)CC2)c(C(=O)OCC)c1C. The lowest BCUT2D eigenvalue weighted by Crippen LogP contribution is -2.48. The smallest absolute Gasteiger partial charge is 0.348 e. The maximum Gasteiger partial charge on any atom is 0.348 e. The van der Waals surface area contributed by atoms with Crippen LogP contribution in [0.5, 0.6) is 0 Å². The second-order valence-electron chi connectivity index (χ2n) is 8.23. The number of thiophene rings is 1. The summed E-state index contributed by atoms with van der Waals surface area (Å²) in [5.74, 6) is -1.30. The summed E-state index contributed by atoms with van der Waals surface area (Å²) < 4.78 is 10.2. The van der Waals surface area contributed by atoms with Crippen molar-refractivity contribution >= 4 is 34.2 Å². The Morgan fingerprint density at radius 2 is 1.56 bits per heavy atom. The number of anilines is 1. The normalized spacial score (nSPS) is 14.6. The van der Waals surface area contributed by atoms with E-state index >= 15 is 0 Å². The molecule has 1 aromatic heterocycles. The van der Waals surface area contributed by atoms with Crippen LogP contribution in [0.3, 0.4) is 0 Å². The molecule has 8 nitrogen and oxygen atoms in total. The maximum absolute atomic E-state index is 12.8. The van der Waals surface area contributed by atoms with E-state index in [-0.39, 0.29) is 31.2 Å². The molecule has 2 heterocycles. The lowest BCUT2D eigenvalue weighted by atomic mass is 10.1. The van der Waals surface area contributed by atoms with Crippen LogP contribution in [0, 0.1) is 13.8 Å². The first kappa shape index (κ1) is 25.9. The fraction of sp³-hybridized carbons (Fsp3) is 0.480. The van der Waals surface area contributed by atoms with E-state index in [1.165, 1.54) is 11.1 Å². The summed E-state index contributed by atoms with van der Waals surface area (Å²) in [6.07, 6.45) is 0. The maximum atomic E-state index is 12.8. The van der Waals surface area contributed by atoms with Crippen LogP contribution >= 0.6 is 11.3 Å². The number of amides is 1. The molecule has 0 aliphatic carbocycles. The third-order valence-corrected chi connectivity index (χ3v) is 7.01. The summed E-state index contributed by atoms with van der Waals surface area (Å²) in [5, 5.41) is 3.15. The van der Waals surface area contributed by atoms with Gasteiger partial charge in [-0.2, -0.15) is 0 Å². The molecule has 0 unspecified atom stereocenters. The molecule has 0 saturated carbocycles. The molecule has 1 amide bonds. The van der Waals surface area contributed by atoms with Crippen molar-refractivity contribution in [2.24, 2.45) is 0 Å². The van der Waals surface area contributed by atoms with Crippen LogP contribution in [0.4, 0.5) is 5.00 Å². The summed E-state index contributed by atoms with van der Waals surface area (Å²) in [5.41, 5.74) is 3.29. The number of hydrogen-bond acceptors (Lipinski definition) is 8. The number of rotatable bonds is 9. The molecule has 9 heteroatoms. The number of esters is 2. The van der Waals surface area contributed by atoms with Gasteiger partial charge in [0.05, 0.1) is 25.3 Å². The number of nitrogens with zero attached hydrogens (tertiary/aromatic N) is 2. The first-order valence-corrected chi connectivity index (χ1v) is 12.4. The lowest BCUT2D eigenvalue weighted by molar-refractivity contribution is -0.117. The molecule has 184 valence electrons. The standard InChI is InChI=1S/C25H33N3O5S/c1-5-32-24(30)21-18(4)22(25(31)33-6-2)34-23(21)26-20(29)16-28-13-11-27(12-14-28)15-19-10-8-7-9-17(19)3/h7-10H,5-6,11-16H2,1-4H3,(H,26,29). The number of ether oxygens (including phenoxy) is 2. The largest absolute Gasteiger partial charge is 0.462 e. The van der Waals surface area contributed by atoms with E-state index in [1.807, 2.05) is 6.07 Å². The van der Waals surface area contributed by atoms with Crippen molar-refractivity contribution in [2.45, 2.75) is 34.2 Å². The Labute approximate surface area is 204 Å². The van der Waals surface area contributed by atoms with Gasteiger partial charge in [-0.15, -0.1) is 11.3 Å². The Morgan fingerprint density at radius 1 is 0.941 bits per heavy atom. The number of hydrogen-bond donors (Lipinski definition) is 1. The number of piperazine rings is 1. The van der Waals surface area contributed by atoms with Gasteiger partial charge in [0, 0.05) is 32.7 Å². The zero-order valence-electron chi connectivity index (χ0n) is 20.3. The first-order valence-electron chi connectivity index (χ1n) is 11.6. The Hall–Kier alpha value is -2.75. The third kappa shape index (κ3) is 6.43. The van der Waals surface area contributed by atoms with E-state index in [9.17, 15) is 14.4 Å². The van der Waals surface area contributed by atoms with Crippen LogP contribution in [0.25, 0.3) is 0 Å². The topological polar surface area (TPSA) is 88.2 Å². The van der Waals surface area contributed by atoms with Crippen LogP contribution in [-0.2, 0) is 20.8 Å². The van der Waals surface area contributed by atoms with Gasteiger partial charge in [-0.05, 0) is 44.4 Å². The quantitative estimate of drug-likeness (QED) is 0.542. The number of aryl methyl sites for hydroxylation is 1. The molecule has 1 N–H and O–H groups in total. The van der Waals surface area contributed by atoms with Crippen molar-refractivity contribution in [3.8, 4) is 0 Å². The minimum absolute atomic E-state index is 0.197. The van der Waals surface area contributed by atoms with Gasteiger partial charge in [-0.1, -0.05) is 24.3 Å². The van der Waals surface area contributed by atoms with E-state index in [4.69, 9.17) is 9.47 Å². The minimum atomic E-state index is -0.563. The van der Waals surface area contributed by atoms with Gasteiger partial charge in [0.1, 0.15) is 9.88 Å². The van der Waals surface area contributed by atoms with Crippen LogP contribution in [0.1, 0.15) is 50.6 Å². The monoisotopic (exact) mass is 487 g/mol. The number of benzene rings is 1. The Bertz CT molecular complexity index is 1030. The van der Waals surface area contributed by atoms with Gasteiger partial charge in [0.2, 0.25) is 5.91 Å². The first-order chi connectivity index (χ1) is 16.3. The molecule has 0 bridgehead atoms. The van der Waals surface area contributed by atoms with E-state index in [0.717, 1.165) is 44.1 Å². The van der Waals surface area contributed by atoms with Crippen molar-refractivity contribution in [2.75, 3.05) is 51.3 Å². The summed E-state index contributed by atoms with van der Waals surface area (Å²) in [6.45, 7) is 12.1. The molecule has 0 atom stereocenters. The van der Waals surface area contributed by atoms with E-state index in [1.54, 1.807) is 20.8 Å². The fourth-order valence-corrected chi connectivity index (χ4v) is 5.05. The molecule has 1 aliphatic heterocycles.